The number of nitrogens with one attached hydrogen (secondary N) is 2. The van der Waals surface area contributed by atoms with Gasteiger partial charge in [-0.25, -0.2) is 4.79 Å². The number of nitro benzene ring substituents is 1. The molecule has 142 valence electrons. The Morgan fingerprint density at radius 3 is 2.50 bits per heavy atom. The summed E-state index contributed by atoms with van der Waals surface area (Å²) in [5.74, 6) is -1.89. The van der Waals surface area contributed by atoms with E-state index in [4.69, 9.17) is 4.74 Å². The monoisotopic (exact) mass is 366 g/mol. The fraction of sp³-hybridized carbons (Fsp3) is 0.438. The number of hydrogen-bond donors (Lipinski definition) is 2. The lowest BCUT2D eigenvalue weighted by molar-refractivity contribution is -0.384. The van der Waals surface area contributed by atoms with Crippen molar-refractivity contribution in [3.05, 3.63) is 33.9 Å². The van der Waals surface area contributed by atoms with Crippen molar-refractivity contribution in [2.75, 3.05) is 32.1 Å². The number of nitro groups is 1. The molecular formula is C16H22N4O6. The molecule has 0 aliphatic heterocycles. The Labute approximate surface area is 150 Å². The lowest BCUT2D eigenvalue weighted by atomic mass is 10.1. The van der Waals surface area contributed by atoms with Crippen molar-refractivity contribution in [3.63, 3.8) is 0 Å². The third-order valence-corrected chi connectivity index (χ3v) is 3.35. The molecule has 0 heterocycles. The summed E-state index contributed by atoms with van der Waals surface area (Å²) in [6.07, 6.45) is 0. The first-order valence-corrected chi connectivity index (χ1v) is 7.87. The molecule has 1 rings (SSSR count). The lowest BCUT2D eigenvalue weighted by Gasteiger charge is -2.14. The highest BCUT2D eigenvalue weighted by atomic mass is 16.6. The zero-order chi connectivity index (χ0) is 19.9. The minimum absolute atomic E-state index is 0.0492. The smallest absolute Gasteiger partial charge is 0.338 e. The fourth-order valence-corrected chi connectivity index (χ4v) is 2.07. The number of esters is 1. The van der Waals surface area contributed by atoms with Crippen molar-refractivity contribution >= 4 is 29.2 Å². The number of amides is 2. The number of anilines is 1. The van der Waals surface area contributed by atoms with E-state index in [1.54, 1.807) is 25.9 Å². The Balaban J connectivity index is 2.71. The van der Waals surface area contributed by atoms with Crippen LogP contribution in [0.4, 0.5) is 11.4 Å². The highest BCUT2D eigenvalue weighted by Gasteiger charge is 2.21. The molecule has 2 N–H and O–H groups in total. The molecule has 1 aromatic carbocycles. The molecule has 0 radical (unpaired) electrons. The quantitative estimate of drug-likeness (QED) is 0.388. The average Bonchev–Trinajstić information content (AvgIpc) is 2.59. The predicted molar refractivity (Wildman–Crippen MR) is 94.0 cm³/mol. The maximum Gasteiger partial charge on any atom is 0.338 e. The summed E-state index contributed by atoms with van der Waals surface area (Å²) >= 11 is 0. The van der Waals surface area contributed by atoms with E-state index in [2.05, 4.69) is 10.6 Å². The topological polar surface area (TPSA) is 131 Å². The highest BCUT2D eigenvalue weighted by Crippen LogP contribution is 2.27. The van der Waals surface area contributed by atoms with Crippen molar-refractivity contribution in [3.8, 4) is 0 Å². The van der Waals surface area contributed by atoms with E-state index in [0.29, 0.717) is 12.2 Å². The van der Waals surface area contributed by atoms with Crippen LogP contribution >= 0.6 is 0 Å². The summed E-state index contributed by atoms with van der Waals surface area (Å²) in [6.45, 7) is 3.06. The number of ether oxygens (including phenoxy) is 1. The Hall–Kier alpha value is -3.17. The zero-order valence-corrected chi connectivity index (χ0v) is 15.1. The van der Waals surface area contributed by atoms with E-state index in [9.17, 15) is 24.5 Å². The Kier molecular flexibility index (Phi) is 7.51. The molecule has 0 aliphatic rings. The number of benzene rings is 1. The molecule has 10 nitrogen and oxygen atoms in total. The van der Waals surface area contributed by atoms with Gasteiger partial charge in [-0.15, -0.1) is 0 Å². The first-order valence-electron chi connectivity index (χ1n) is 7.87. The molecule has 0 aliphatic carbocycles. The van der Waals surface area contributed by atoms with Gasteiger partial charge in [0, 0.05) is 26.7 Å². The van der Waals surface area contributed by atoms with Crippen LogP contribution in [0, 0.1) is 10.1 Å². The molecule has 0 saturated heterocycles. The Bertz CT molecular complexity index is 704. The molecule has 0 unspecified atom stereocenters. The largest absolute Gasteiger partial charge is 0.452 e. The van der Waals surface area contributed by atoms with Gasteiger partial charge in [-0.05, 0) is 26.0 Å². The van der Waals surface area contributed by atoms with Crippen molar-refractivity contribution in [1.82, 2.24) is 10.6 Å². The van der Waals surface area contributed by atoms with Gasteiger partial charge in [-0.3, -0.25) is 19.7 Å². The van der Waals surface area contributed by atoms with Gasteiger partial charge >= 0.3 is 5.97 Å². The number of carbonyl (C=O) groups is 3. The normalized spacial score (nSPS) is 11.2. The molecule has 1 atom stereocenters. The van der Waals surface area contributed by atoms with Gasteiger partial charge in [0.05, 0.1) is 10.5 Å². The lowest BCUT2D eigenvalue weighted by Crippen LogP contribution is -2.46. The van der Waals surface area contributed by atoms with Crippen LogP contribution in [0.5, 0.6) is 0 Å². The number of carbonyl (C=O) groups excluding carboxylic acids is 3. The molecule has 10 heteroatoms. The van der Waals surface area contributed by atoms with Crippen molar-refractivity contribution < 1.29 is 24.0 Å². The van der Waals surface area contributed by atoms with Crippen LogP contribution < -0.4 is 15.5 Å². The highest BCUT2D eigenvalue weighted by molar-refractivity contribution is 5.93. The van der Waals surface area contributed by atoms with E-state index in [1.165, 1.54) is 19.1 Å². The summed E-state index contributed by atoms with van der Waals surface area (Å²) in [6, 6.07) is 3.11. The molecule has 0 aromatic heterocycles. The molecule has 0 saturated carbocycles. The van der Waals surface area contributed by atoms with Crippen molar-refractivity contribution in [2.45, 2.75) is 19.9 Å². The minimum atomic E-state index is -0.876. The second kappa shape index (κ2) is 9.35. The van der Waals surface area contributed by atoms with Crippen LogP contribution in [0.1, 0.15) is 24.2 Å². The maximum absolute atomic E-state index is 12.0. The van der Waals surface area contributed by atoms with E-state index < -0.39 is 29.4 Å². The van der Waals surface area contributed by atoms with Gasteiger partial charge in [0.2, 0.25) is 5.91 Å². The van der Waals surface area contributed by atoms with E-state index in [-0.39, 0.29) is 17.2 Å². The van der Waals surface area contributed by atoms with Crippen molar-refractivity contribution in [1.29, 1.82) is 0 Å². The number of rotatable bonds is 8. The summed E-state index contributed by atoms with van der Waals surface area (Å²) < 4.78 is 4.85. The molecular weight excluding hydrogens is 344 g/mol. The predicted octanol–water partition coefficient (Wildman–Crippen LogP) is 0.458. The minimum Gasteiger partial charge on any atom is -0.452 e. The van der Waals surface area contributed by atoms with Gasteiger partial charge in [-0.1, -0.05) is 0 Å². The molecule has 0 fully saturated rings. The molecule has 2 amide bonds. The van der Waals surface area contributed by atoms with Gasteiger partial charge in [0.1, 0.15) is 11.7 Å². The molecule has 0 spiro atoms. The first kappa shape index (κ1) is 20.9. The summed E-state index contributed by atoms with van der Waals surface area (Å²) in [5, 5.41) is 16.1. The van der Waals surface area contributed by atoms with Crippen LogP contribution in [-0.4, -0.2) is 56.0 Å². The van der Waals surface area contributed by atoms with Crippen LogP contribution in [-0.2, 0) is 14.3 Å². The second-order valence-corrected chi connectivity index (χ2v) is 5.61. The zero-order valence-electron chi connectivity index (χ0n) is 15.1. The maximum atomic E-state index is 12.0. The summed E-state index contributed by atoms with van der Waals surface area (Å²) in [7, 11) is 3.28. The number of nitrogens with zero attached hydrogens (tertiary/aromatic N) is 2. The average molecular weight is 366 g/mol. The fourth-order valence-electron chi connectivity index (χ4n) is 2.07. The number of hydrogen-bond acceptors (Lipinski definition) is 7. The number of likely N-dealkylation sites (N-methyl/N-ethyl adjacent to an activating group) is 1. The van der Waals surface area contributed by atoms with E-state index in [1.807, 2.05) is 0 Å². The molecule has 1 aromatic rings. The van der Waals surface area contributed by atoms with Crippen molar-refractivity contribution in [2.24, 2.45) is 0 Å². The van der Waals surface area contributed by atoms with Gasteiger partial charge < -0.3 is 20.3 Å². The van der Waals surface area contributed by atoms with E-state index >= 15 is 0 Å². The first-order chi connectivity index (χ1) is 12.2. The standard InChI is InChI=1S/C16H22N4O6/c1-5-17-15(22)10(2)18-14(21)9-26-16(23)11-6-7-12(19(3)4)13(8-11)20(24)25/h6-8,10H,5,9H2,1-4H3,(H,17,22)(H,18,21)/t10-/m1/s1. The van der Waals surface area contributed by atoms with Gasteiger partial charge in [0.15, 0.2) is 6.61 Å². The Morgan fingerprint density at radius 2 is 1.96 bits per heavy atom. The van der Waals surface area contributed by atoms with Gasteiger partial charge in [0.25, 0.3) is 11.6 Å². The Morgan fingerprint density at radius 1 is 1.31 bits per heavy atom. The summed E-state index contributed by atoms with van der Waals surface area (Å²) in [5.41, 5.74) is 0.0330. The van der Waals surface area contributed by atoms with Gasteiger partial charge in [-0.2, -0.15) is 0 Å². The third-order valence-electron chi connectivity index (χ3n) is 3.35. The van der Waals surface area contributed by atoms with Crippen LogP contribution in [0.15, 0.2) is 18.2 Å². The molecule has 26 heavy (non-hydrogen) atoms. The van der Waals surface area contributed by atoms with Crippen LogP contribution in [0.3, 0.4) is 0 Å². The third kappa shape index (κ3) is 5.72. The van der Waals surface area contributed by atoms with Crippen LogP contribution in [0.2, 0.25) is 0 Å². The SMILES string of the molecule is CCNC(=O)[C@@H](C)NC(=O)COC(=O)c1ccc(N(C)C)c([N+](=O)[O-])c1. The summed E-state index contributed by atoms with van der Waals surface area (Å²) in [4.78, 5) is 47.3. The van der Waals surface area contributed by atoms with E-state index in [0.717, 1.165) is 6.07 Å². The van der Waals surface area contributed by atoms with Crippen LogP contribution in [0.25, 0.3) is 0 Å². The second-order valence-electron chi connectivity index (χ2n) is 5.61. The molecule has 0 bridgehead atoms.